The van der Waals surface area contributed by atoms with Gasteiger partial charge in [-0.15, -0.1) is 0 Å². The fourth-order valence-electron chi connectivity index (χ4n) is 2.62. The molecular formula is C16H25NO3. The molecule has 3 unspecified atom stereocenters. The highest BCUT2D eigenvalue weighted by molar-refractivity contribution is 5.28. The fraction of sp³-hybridized carbons (Fsp3) is 0.625. The van der Waals surface area contributed by atoms with Crippen molar-refractivity contribution in [2.75, 3.05) is 20.3 Å². The van der Waals surface area contributed by atoms with Gasteiger partial charge in [-0.05, 0) is 31.2 Å². The first kappa shape index (κ1) is 15.3. The number of hydrogen-bond acceptors (Lipinski definition) is 4. The van der Waals surface area contributed by atoms with E-state index in [1.54, 1.807) is 7.11 Å². The predicted octanol–water partition coefficient (Wildman–Crippen LogP) is 2.37. The summed E-state index contributed by atoms with van der Waals surface area (Å²) in [5.41, 5.74) is 1.13. The maximum absolute atomic E-state index is 6.06. The van der Waals surface area contributed by atoms with Gasteiger partial charge in [0.1, 0.15) is 18.0 Å². The number of hydrogen-bond donors (Lipinski definition) is 1. The first-order valence-corrected chi connectivity index (χ1v) is 7.38. The number of nitrogens with one attached hydrogen (secondary N) is 1. The van der Waals surface area contributed by atoms with E-state index < -0.39 is 0 Å². The monoisotopic (exact) mass is 279 g/mol. The summed E-state index contributed by atoms with van der Waals surface area (Å²) in [4.78, 5) is 0. The van der Waals surface area contributed by atoms with E-state index in [1.165, 1.54) is 0 Å². The maximum atomic E-state index is 6.06. The van der Waals surface area contributed by atoms with Crippen LogP contribution in [0, 0.1) is 0 Å². The third-order valence-electron chi connectivity index (χ3n) is 3.57. The van der Waals surface area contributed by atoms with Crippen LogP contribution in [0.5, 0.6) is 5.75 Å². The minimum atomic E-state index is 0.136. The Balaban J connectivity index is 1.94. The molecule has 0 bridgehead atoms. The highest BCUT2D eigenvalue weighted by Crippen LogP contribution is 2.29. The summed E-state index contributed by atoms with van der Waals surface area (Å²) in [5, 5.41) is 3.44. The predicted molar refractivity (Wildman–Crippen MR) is 79.1 cm³/mol. The fourth-order valence-corrected chi connectivity index (χ4v) is 2.62. The van der Waals surface area contributed by atoms with Gasteiger partial charge in [0, 0.05) is 26.2 Å². The second kappa shape index (κ2) is 7.62. The first-order valence-electron chi connectivity index (χ1n) is 7.38. The average molecular weight is 279 g/mol. The summed E-state index contributed by atoms with van der Waals surface area (Å²) in [7, 11) is 1.70. The van der Waals surface area contributed by atoms with Crippen molar-refractivity contribution in [1.82, 2.24) is 5.32 Å². The number of benzene rings is 1. The van der Waals surface area contributed by atoms with E-state index in [2.05, 4.69) is 12.2 Å². The molecule has 1 aliphatic carbocycles. The molecule has 2 rings (SSSR count). The van der Waals surface area contributed by atoms with E-state index in [-0.39, 0.29) is 12.2 Å². The normalized spacial score (nSPS) is 25.2. The minimum absolute atomic E-state index is 0.136. The van der Waals surface area contributed by atoms with E-state index in [0.29, 0.717) is 12.6 Å². The van der Waals surface area contributed by atoms with Gasteiger partial charge in [0.2, 0.25) is 0 Å². The molecule has 112 valence electrons. The van der Waals surface area contributed by atoms with Crippen molar-refractivity contribution in [2.45, 2.75) is 45.1 Å². The maximum Gasteiger partial charge on any atom is 0.128 e. The van der Waals surface area contributed by atoms with Crippen molar-refractivity contribution in [3.63, 3.8) is 0 Å². The van der Waals surface area contributed by atoms with Crippen LogP contribution in [0.2, 0.25) is 0 Å². The van der Waals surface area contributed by atoms with Gasteiger partial charge in [-0.3, -0.25) is 0 Å². The van der Waals surface area contributed by atoms with Gasteiger partial charge in [-0.1, -0.05) is 19.1 Å². The van der Waals surface area contributed by atoms with Gasteiger partial charge < -0.3 is 19.5 Å². The number of likely N-dealkylation sites (N-methyl/N-ethyl adjacent to an activating group) is 1. The van der Waals surface area contributed by atoms with E-state index in [1.807, 2.05) is 31.2 Å². The summed E-state index contributed by atoms with van der Waals surface area (Å²) < 4.78 is 17.0. The SMILES string of the molecule is CCNC1CC(Oc2cccc(COC)c2)C1OCC. The largest absolute Gasteiger partial charge is 0.488 e. The molecule has 4 nitrogen and oxygen atoms in total. The van der Waals surface area contributed by atoms with Crippen molar-refractivity contribution in [3.05, 3.63) is 29.8 Å². The zero-order valence-electron chi connectivity index (χ0n) is 12.6. The molecule has 0 spiro atoms. The number of rotatable bonds is 8. The highest BCUT2D eigenvalue weighted by Gasteiger charge is 2.43. The van der Waals surface area contributed by atoms with Crippen molar-refractivity contribution in [3.8, 4) is 5.75 Å². The summed E-state index contributed by atoms with van der Waals surface area (Å²) in [6.07, 6.45) is 1.27. The molecule has 0 aromatic heterocycles. The summed E-state index contributed by atoms with van der Waals surface area (Å²) >= 11 is 0. The van der Waals surface area contributed by atoms with Gasteiger partial charge in [0.25, 0.3) is 0 Å². The molecule has 4 heteroatoms. The van der Waals surface area contributed by atoms with Crippen molar-refractivity contribution in [1.29, 1.82) is 0 Å². The third kappa shape index (κ3) is 3.72. The second-order valence-electron chi connectivity index (χ2n) is 5.06. The Bertz CT molecular complexity index is 410. The van der Waals surface area contributed by atoms with E-state index in [0.717, 1.165) is 30.9 Å². The zero-order valence-corrected chi connectivity index (χ0v) is 12.6. The molecule has 3 atom stereocenters. The summed E-state index contributed by atoms with van der Waals surface area (Å²) in [6.45, 7) is 6.43. The number of ether oxygens (including phenoxy) is 3. The summed E-state index contributed by atoms with van der Waals surface area (Å²) in [5.74, 6) is 0.893. The number of methoxy groups -OCH3 is 1. The average Bonchev–Trinajstić information content (AvgIpc) is 2.44. The molecule has 20 heavy (non-hydrogen) atoms. The molecule has 0 radical (unpaired) electrons. The molecular weight excluding hydrogens is 254 g/mol. The van der Waals surface area contributed by atoms with Crippen LogP contribution >= 0.6 is 0 Å². The van der Waals surface area contributed by atoms with E-state index in [9.17, 15) is 0 Å². The van der Waals surface area contributed by atoms with Gasteiger partial charge in [-0.2, -0.15) is 0 Å². The van der Waals surface area contributed by atoms with E-state index in [4.69, 9.17) is 14.2 Å². The van der Waals surface area contributed by atoms with Crippen LogP contribution in [0.1, 0.15) is 25.8 Å². The molecule has 1 N–H and O–H groups in total. The Morgan fingerprint density at radius 2 is 2.15 bits per heavy atom. The molecule has 1 aliphatic rings. The van der Waals surface area contributed by atoms with Crippen LogP contribution in [0.4, 0.5) is 0 Å². The molecule has 0 heterocycles. The Morgan fingerprint density at radius 3 is 2.85 bits per heavy atom. The van der Waals surface area contributed by atoms with Crippen molar-refractivity contribution >= 4 is 0 Å². The Hall–Kier alpha value is -1.10. The van der Waals surface area contributed by atoms with Crippen LogP contribution in [-0.4, -0.2) is 38.5 Å². The third-order valence-corrected chi connectivity index (χ3v) is 3.57. The van der Waals surface area contributed by atoms with Crippen molar-refractivity contribution in [2.24, 2.45) is 0 Å². The first-order chi connectivity index (χ1) is 9.78. The Kier molecular flexibility index (Phi) is 5.83. The van der Waals surface area contributed by atoms with Gasteiger partial charge in [-0.25, -0.2) is 0 Å². The lowest BCUT2D eigenvalue weighted by atomic mass is 9.85. The topological polar surface area (TPSA) is 39.7 Å². The van der Waals surface area contributed by atoms with Crippen LogP contribution < -0.4 is 10.1 Å². The van der Waals surface area contributed by atoms with E-state index >= 15 is 0 Å². The lowest BCUT2D eigenvalue weighted by Crippen LogP contribution is -2.61. The van der Waals surface area contributed by atoms with Crippen molar-refractivity contribution < 1.29 is 14.2 Å². The standard InChI is InChI=1S/C16H25NO3/c1-4-17-14-10-15(16(14)19-5-2)20-13-8-6-7-12(9-13)11-18-3/h6-9,14-17H,4-5,10-11H2,1-3H3. The Labute approximate surface area is 121 Å². The van der Waals surface area contributed by atoms with Crippen LogP contribution in [-0.2, 0) is 16.1 Å². The summed E-state index contributed by atoms with van der Waals surface area (Å²) in [6, 6.07) is 8.47. The van der Waals surface area contributed by atoms with Crippen LogP contribution in [0.15, 0.2) is 24.3 Å². The van der Waals surface area contributed by atoms with Gasteiger partial charge in [0.15, 0.2) is 0 Å². The van der Waals surface area contributed by atoms with Crippen LogP contribution in [0.25, 0.3) is 0 Å². The molecule has 1 fully saturated rings. The van der Waals surface area contributed by atoms with Gasteiger partial charge in [0.05, 0.1) is 6.61 Å². The highest BCUT2D eigenvalue weighted by atomic mass is 16.5. The molecule has 0 aliphatic heterocycles. The lowest BCUT2D eigenvalue weighted by Gasteiger charge is -2.44. The Morgan fingerprint density at radius 1 is 1.30 bits per heavy atom. The second-order valence-corrected chi connectivity index (χ2v) is 5.06. The molecule has 0 amide bonds. The van der Waals surface area contributed by atoms with Gasteiger partial charge >= 0.3 is 0 Å². The molecule has 1 aromatic rings. The minimum Gasteiger partial charge on any atom is -0.488 e. The molecule has 0 saturated heterocycles. The van der Waals surface area contributed by atoms with Crippen LogP contribution in [0.3, 0.4) is 0 Å². The quantitative estimate of drug-likeness (QED) is 0.793. The zero-order chi connectivity index (χ0) is 14.4. The molecule has 1 aromatic carbocycles. The smallest absolute Gasteiger partial charge is 0.128 e. The lowest BCUT2D eigenvalue weighted by molar-refractivity contribution is -0.104. The molecule has 1 saturated carbocycles.